The number of benzene rings is 2. The van der Waals surface area contributed by atoms with Crippen LogP contribution < -0.4 is 20.7 Å². The summed E-state index contributed by atoms with van der Waals surface area (Å²) in [6.45, 7) is 2.88. The third kappa shape index (κ3) is 5.25. The normalized spacial score (nSPS) is 24.2. The van der Waals surface area contributed by atoms with Crippen LogP contribution in [0.15, 0.2) is 54.6 Å². The summed E-state index contributed by atoms with van der Waals surface area (Å²) in [5.41, 5.74) is 0.573. The van der Waals surface area contributed by atoms with E-state index in [2.05, 4.69) is 16.0 Å². The van der Waals surface area contributed by atoms with Crippen molar-refractivity contribution in [2.24, 2.45) is 0 Å². The number of hydrogen-bond donors (Lipinski definition) is 3. The minimum Gasteiger partial charge on any atom is -0.457 e. The lowest BCUT2D eigenvalue weighted by Crippen LogP contribution is -2.48. The zero-order valence-corrected chi connectivity index (χ0v) is 17.1. The molecule has 2 fully saturated rings. The average Bonchev–Trinajstić information content (AvgIpc) is 3.34. The summed E-state index contributed by atoms with van der Waals surface area (Å²) in [4.78, 5) is 24.1. The monoisotopic (exact) mass is 427 g/mol. The molecule has 2 saturated heterocycles. The van der Waals surface area contributed by atoms with Gasteiger partial charge in [0.05, 0.1) is 19.3 Å². The number of amides is 3. The van der Waals surface area contributed by atoms with E-state index >= 15 is 0 Å². The predicted octanol–water partition coefficient (Wildman–Crippen LogP) is 2.88. The highest BCUT2D eigenvalue weighted by atomic mass is 16.6. The van der Waals surface area contributed by atoms with E-state index in [0.717, 1.165) is 5.75 Å². The fourth-order valence-electron chi connectivity index (χ4n) is 3.58. The molecule has 2 heterocycles. The van der Waals surface area contributed by atoms with E-state index in [1.54, 1.807) is 24.3 Å². The van der Waals surface area contributed by atoms with Gasteiger partial charge in [-0.3, -0.25) is 5.32 Å². The molecule has 0 aromatic heterocycles. The Bertz CT molecular complexity index is 892. The Hall–Kier alpha value is -3.30. The van der Waals surface area contributed by atoms with Crippen LogP contribution in [0.25, 0.3) is 0 Å². The van der Waals surface area contributed by atoms with E-state index in [0.29, 0.717) is 24.6 Å². The number of rotatable bonds is 6. The van der Waals surface area contributed by atoms with Gasteiger partial charge >= 0.3 is 12.1 Å². The summed E-state index contributed by atoms with van der Waals surface area (Å²) in [6.07, 6.45) is -1.92. The number of urea groups is 1. The van der Waals surface area contributed by atoms with E-state index in [1.165, 1.54) is 0 Å². The van der Waals surface area contributed by atoms with Crippen LogP contribution in [-0.4, -0.2) is 56.2 Å². The van der Waals surface area contributed by atoms with Crippen molar-refractivity contribution in [3.63, 3.8) is 0 Å². The molecule has 4 rings (SSSR count). The van der Waals surface area contributed by atoms with Gasteiger partial charge in [0.2, 0.25) is 0 Å². The lowest BCUT2D eigenvalue weighted by atomic mass is 10.1. The number of fused-ring (bicyclic) bond motifs is 1. The van der Waals surface area contributed by atoms with Gasteiger partial charge < -0.3 is 29.6 Å². The van der Waals surface area contributed by atoms with Gasteiger partial charge in [0, 0.05) is 12.2 Å². The molecule has 0 saturated carbocycles. The number of para-hydroxylation sites is 1. The summed E-state index contributed by atoms with van der Waals surface area (Å²) in [5, 5.41) is 8.19. The lowest BCUT2D eigenvalue weighted by Gasteiger charge is -2.18. The smallest absolute Gasteiger partial charge is 0.412 e. The molecule has 3 N–H and O–H groups in total. The SMILES string of the molecule is CCNC(=O)N[C@H]1CO[C@H]2[C@@H]1OC[C@H]2OC(=O)Nc1ccc(Oc2ccccc2)cc1. The van der Waals surface area contributed by atoms with Crippen LogP contribution in [0.5, 0.6) is 11.5 Å². The largest absolute Gasteiger partial charge is 0.457 e. The van der Waals surface area contributed by atoms with Crippen molar-refractivity contribution in [1.29, 1.82) is 0 Å². The van der Waals surface area contributed by atoms with Crippen LogP contribution in [0.4, 0.5) is 15.3 Å². The first-order valence-electron chi connectivity index (χ1n) is 10.2. The van der Waals surface area contributed by atoms with Gasteiger partial charge in [0.15, 0.2) is 6.10 Å². The van der Waals surface area contributed by atoms with Crippen molar-refractivity contribution in [2.45, 2.75) is 31.3 Å². The predicted molar refractivity (Wildman–Crippen MR) is 112 cm³/mol. The molecule has 0 spiro atoms. The number of carbonyl (C=O) groups is 2. The molecule has 0 unspecified atom stereocenters. The highest BCUT2D eigenvalue weighted by molar-refractivity contribution is 5.84. The van der Waals surface area contributed by atoms with E-state index in [4.69, 9.17) is 18.9 Å². The third-order valence-corrected chi connectivity index (χ3v) is 5.00. The molecular weight excluding hydrogens is 402 g/mol. The maximum atomic E-state index is 12.3. The fraction of sp³-hybridized carbons (Fsp3) is 0.364. The van der Waals surface area contributed by atoms with Gasteiger partial charge in [-0.1, -0.05) is 18.2 Å². The second kappa shape index (κ2) is 9.67. The van der Waals surface area contributed by atoms with Gasteiger partial charge in [-0.2, -0.15) is 0 Å². The number of nitrogens with one attached hydrogen (secondary N) is 3. The first-order chi connectivity index (χ1) is 15.1. The Morgan fingerprint density at radius 3 is 2.42 bits per heavy atom. The maximum absolute atomic E-state index is 12.3. The van der Waals surface area contributed by atoms with E-state index < -0.39 is 18.3 Å². The van der Waals surface area contributed by atoms with Crippen molar-refractivity contribution >= 4 is 17.8 Å². The minimum atomic E-state index is -0.602. The summed E-state index contributed by atoms with van der Waals surface area (Å²) in [5.74, 6) is 1.39. The molecule has 2 aromatic rings. The molecule has 9 heteroatoms. The van der Waals surface area contributed by atoms with Gasteiger partial charge in [0.25, 0.3) is 0 Å². The quantitative estimate of drug-likeness (QED) is 0.654. The molecule has 9 nitrogen and oxygen atoms in total. The topological polar surface area (TPSA) is 107 Å². The molecule has 2 aromatic carbocycles. The molecule has 2 aliphatic rings. The Balaban J connectivity index is 1.26. The first kappa shape index (κ1) is 21.0. The van der Waals surface area contributed by atoms with E-state index in [-0.39, 0.29) is 24.8 Å². The van der Waals surface area contributed by atoms with Crippen molar-refractivity contribution in [1.82, 2.24) is 10.6 Å². The Morgan fingerprint density at radius 1 is 0.968 bits per heavy atom. The third-order valence-electron chi connectivity index (χ3n) is 5.00. The second-order valence-electron chi connectivity index (χ2n) is 7.21. The van der Waals surface area contributed by atoms with Crippen molar-refractivity contribution < 1.29 is 28.5 Å². The van der Waals surface area contributed by atoms with Gasteiger partial charge in [-0.05, 0) is 43.3 Å². The fourth-order valence-corrected chi connectivity index (χ4v) is 3.58. The second-order valence-corrected chi connectivity index (χ2v) is 7.21. The Kier molecular flexibility index (Phi) is 6.54. The molecule has 0 radical (unpaired) electrons. The number of ether oxygens (including phenoxy) is 4. The zero-order chi connectivity index (χ0) is 21.6. The Labute approximate surface area is 180 Å². The van der Waals surface area contributed by atoms with Crippen molar-refractivity contribution in [2.75, 3.05) is 25.1 Å². The average molecular weight is 427 g/mol. The standard InChI is InChI=1S/C22H25N3O6/c1-2-23-21(26)25-17-12-28-20-18(13-29-19(17)20)31-22(27)24-14-8-10-16(11-9-14)30-15-6-4-3-5-7-15/h3-11,17-20H,2,12-13H2,1H3,(H,24,27)(H2,23,25,26)/t17-,18+,19+,20+/m0/s1. The maximum Gasteiger partial charge on any atom is 0.412 e. The molecule has 0 bridgehead atoms. The molecule has 4 atom stereocenters. The lowest BCUT2D eigenvalue weighted by molar-refractivity contribution is 0.00872. The van der Waals surface area contributed by atoms with Gasteiger partial charge in [-0.15, -0.1) is 0 Å². The van der Waals surface area contributed by atoms with Crippen LogP contribution in [0.3, 0.4) is 0 Å². The van der Waals surface area contributed by atoms with Crippen molar-refractivity contribution in [3.05, 3.63) is 54.6 Å². The highest BCUT2D eigenvalue weighted by Gasteiger charge is 2.50. The summed E-state index contributed by atoms with van der Waals surface area (Å²) in [7, 11) is 0. The first-order valence-corrected chi connectivity index (χ1v) is 10.2. The van der Waals surface area contributed by atoms with Gasteiger partial charge in [0.1, 0.15) is 23.7 Å². The van der Waals surface area contributed by atoms with Crippen LogP contribution in [0.1, 0.15) is 6.92 Å². The molecule has 31 heavy (non-hydrogen) atoms. The van der Waals surface area contributed by atoms with E-state index in [9.17, 15) is 9.59 Å². The van der Waals surface area contributed by atoms with Gasteiger partial charge in [-0.25, -0.2) is 9.59 Å². The van der Waals surface area contributed by atoms with Crippen LogP contribution in [-0.2, 0) is 14.2 Å². The molecule has 164 valence electrons. The van der Waals surface area contributed by atoms with Crippen LogP contribution in [0.2, 0.25) is 0 Å². The molecular formula is C22H25N3O6. The molecule has 0 aliphatic carbocycles. The summed E-state index contributed by atoms with van der Waals surface area (Å²) in [6, 6.07) is 15.8. The van der Waals surface area contributed by atoms with Crippen LogP contribution >= 0.6 is 0 Å². The number of hydrogen-bond acceptors (Lipinski definition) is 6. The van der Waals surface area contributed by atoms with E-state index in [1.807, 2.05) is 37.3 Å². The highest BCUT2D eigenvalue weighted by Crippen LogP contribution is 2.29. The van der Waals surface area contributed by atoms with Crippen LogP contribution in [0, 0.1) is 0 Å². The molecule has 3 amide bonds. The summed E-state index contributed by atoms with van der Waals surface area (Å²) >= 11 is 0. The number of anilines is 1. The van der Waals surface area contributed by atoms with Crippen molar-refractivity contribution in [3.8, 4) is 11.5 Å². The minimum absolute atomic E-state index is 0.209. The molecule has 2 aliphatic heterocycles. The zero-order valence-electron chi connectivity index (χ0n) is 17.1. The summed E-state index contributed by atoms with van der Waals surface area (Å²) < 4.78 is 22.7. The Morgan fingerprint density at radius 2 is 1.68 bits per heavy atom. The number of carbonyl (C=O) groups excluding carboxylic acids is 2.